The van der Waals surface area contributed by atoms with E-state index >= 15 is 0 Å². The Morgan fingerprint density at radius 3 is 2.39 bits per heavy atom. The van der Waals surface area contributed by atoms with Gasteiger partial charge in [-0.3, -0.25) is 0 Å². The fraction of sp³-hybridized carbons (Fsp3) is 0.0833. The van der Waals surface area contributed by atoms with E-state index < -0.39 is 0 Å². The molecule has 0 saturated heterocycles. The highest BCUT2D eigenvalue weighted by molar-refractivity contribution is 6.09. The number of fused-ring (bicyclic) bond motifs is 3. The molecule has 0 unspecified atom stereocenters. The van der Waals surface area contributed by atoms with Crippen molar-refractivity contribution in [3.63, 3.8) is 0 Å². The zero-order chi connectivity index (χ0) is 18.9. The van der Waals surface area contributed by atoms with Crippen LogP contribution < -0.4 is 4.84 Å². The second-order valence-corrected chi connectivity index (χ2v) is 6.88. The molecule has 2 heterocycles. The Balaban J connectivity index is 1.69. The van der Waals surface area contributed by atoms with Gasteiger partial charge in [0.2, 0.25) is 0 Å². The van der Waals surface area contributed by atoms with Crippen LogP contribution in [0.3, 0.4) is 0 Å². The molecule has 0 aliphatic rings. The van der Waals surface area contributed by atoms with E-state index in [1.54, 1.807) is 4.85 Å². The molecule has 0 N–H and O–H groups in total. The largest absolute Gasteiger partial charge is 0.391 e. The molecule has 4 heteroatoms. The van der Waals surface area contributed by atoms with Gasteiger partial charge in [-0.05, 0) is 18.6 Å². The molecule has 0 amide bonds. The normalized spacial score (nSPS) is 11.2. The quantitative estimate of drug-likeness (QED) is 0.440. The van der Waals surface area contributed by atoms with Crippen LogP contribution in [-0.4, -0.2) is 14.9 Å². The molecule has 3 aromatic carbocycles. The maximum Gasteiger partial charge on any atom is 0.142 e. The van der Waals surface area contributed by atoms with E-state index in [9.17, 15) is 0 Å². The summed E-state index contributed by atoms with van der Waals surface area (Å²) in [6.45, 7) is 2.53. The van der Waals surface area contributed by atoms with Crippen molar-refractivity contribution < 1.29 is 4.84 Å². The lowest BCUT2D eigenvalue weighted by Crippen LogP contribution is -2.13. The number of hydrogen-bond acceptors (Lipinski definition) is 3. The molecule has 0 aliphatic carbocycles. The van der Waals surface area contributed by atoms with Gasteiger partial charge in [-0.2, -0.15) is 0 Å². The first-order valence-electron chi connectivity index (χ1n) is 9.30. The number of nitrogens with zero attached hydrogens (tertiary/aromatic N) is 3. The van der Waals surface area contributed by atoms with Crippen molar-refractivity contribution in [2.24, 2.45) is 0 Å². The third-order valence-corrected chi connectivity index (χ3v) is 4.91. The second kappa shape index (κ2) is 6.82. The van der Waals surface area contributed by atoms with Crippen LogP contribution in [0.5, 0.6) is 0 Å². The van der Waals surface area contributed by atoms with Gasteiger partial charge in [0, 0.05) is 16.3 Å². The smallest absolute Gasteiger partial charge is 0.142 e. The first-order valence-corrected chi connectivity index (χ1v) is 9.30. The van der Waals surface area contributed by atoms with Crippen LogP contribution in [0.1, 0.15) is 11.1 Å². The minimum absolute atomic E-state index is 0.442. The summed E-state index contributed by atoms with van der Waals surface area (Å²) < 4.78 is 0. The van der Waals surface area contributed by atoms with E-state index in [-0.39, 0.29) is 0 Å². The Labute approximate surface area is 163 Å². The summed E-state index contributed by atoms with van der Waals surface area (Å²) in [5.74, 6) is 0. The fourth-order valence-corrected chi connectivity index (χ4v) is 3.44. The number of hydrogen-bond donors (Lipinski definition) is 0. The highest BCUT2D eigenvalue weighted by atomic mass is 16.7. The number of aromatic nitrogens is 3. The van der Waals surface area contributed by atoms with Gasteiger partial charge in [0.25, 0.3) is 0 Å². The molecule has 0 spiro atoms. The zero-order valence-electron chi connectivity index (χ0n) is 15.5. The van der Waals surface area contributed by atoms with Gasteiger partial charge in [-0.15, -0.1) is 5.10 Å². The highest BCUT2D eigenvalue weighted by Crippen LogP contribution is 2.32. The van der Waals surface area contributed by atoms with E-state index in [1.165, 1.54) is 5.56 Å². The molecule has 5 rings (SSSR count). The number of benzene rings is 3. The summed E-state index contributed by atoms with van der Waals surface area (Å²) in [6.07, 6.45) is 1.86. The van der Waals surface area contributed by atoms with Crippen LogP contribution in [0, 0.1) is 6.92 Å². The average molecular weight is 365 g/mol. The molecule has 0 aliphatic heterocycles. The number of para-hydroxylation sites is 1. The minimum atomic E-state index is 0.442. The summed E-state index contributed by atoms with van der Waals surface area (Å²) in [6, 6.07) is 26.6. The van der Waals surface area contributed by atoms with E-state index in [0.29, 0.717) is 6.61 Å². The number of pyridine rings is 1. The van der Waals surface area contributed by atoms with Crippen molar-refractivity contribution in [1.29, 1.82) is 0 Å². The van der Waals surface area contributed by atoms with Crippen LogP contribution >= 0.6 is 0 Å². The molecule has 2 aromatic heterocycles. The topological polar surface area (TPSA) is 39.9 Å². The van der Waals surface area contributed by atoms with Crippen LogP contribution in [0.15, 0.2) is 85.1 Å². The molecule has 0 radical (unpaired) electrons. The molecule has 0 saturated carbocycles. The van der Waals surface area contributed by atoms with Crippen LogP contribution in [0.2, 0.25) is 0 Å². The SMILES string of the molecule is Cc1ccc(-c2nc3ccccc3c3cnn(OCc4ccccc4)c23)cc1. The predicted octanol–water partition coefficient (Wildman–Crippen LogP) is 5.19. The van der Waals surface area contributed by atoms with Gasteiger partial charge in [-0.25, -0.2) is 4.98 Å². The maximum atomic E-state index is 6.05. The molecule has 136 valence electrons. The molecule has 0 atom stereocenters. The lowest BCUT2D eigenvalue weighted by Gasteiger charge is -2.11. The van der Waals surface area contributed by atoms with Crippen molar-refractivity contribution in [2.75, 3.05) is 0 Å². The molecular weight excluding hydrogens is 346 g/mol. The fourth-order valence-electron chi connectivity index (χ4n) is 3.44. The van der Waals surface area contributed by atoms with Crippen LogP contribution in [-0.2, 0) is 6.61 Å². The zero-order valence-corrected chi connectivity index (χ0v) is 15.5. The summed E-state index contributed by atoms with van der Waals surface area (Å²) in [4.78, 5) is 12.6. The lowest BCUT2D eigenvalue weighted by atomic mass is 10.0. The first kappa shape index (κ1) is 16.5. The van der Waals surface area contributed by atoms with Crippen molar-refractivity contribution in [3.05, 3.63) is 96.2 Å². The highest BCUT2D eigenvalue weighted by Gasteiger charge is 2.16. The van der Waals surface area contributed by atoms with E-state index in [2.05, 4.69) is 42.4 Å². The summed E-state index contributed by atoms with van der Waals surface area (Å²) in [5.41, 5.74) is 6.07. The van der Waals surface area contributed by atoms with Crippen LogP contribution in [0.25, 0.3) is 33.1 Å². The van der Waals surface area contributed by atoms with Crippen molar-refractivity contribution in [2.45, 2.75) is 13.5 Å². The Morgan fingerprint density at radius 1 is 0.821 bits per heavy atom. The van der Waals surface area contributed by atoms with Gasteiger partial charge >= 0.3 is 0 Å². The number of rotatable bonds is 4. The predicted molar refractivity (Wildman–Crippen MR) is 112 cm³/mol. The minimum Gasteiger partial charge on any atom is -0.391 e. The van der Waals surface area contributed by atoms with Gasteiger partial charge in [0.05, 0.1) is 11.7 Å². The van der Waals surface area contributed by atoms with E-state index in [0.717, 1.165) is 38.6 Å². The number of aryl methyl sites for hydroxylation is 1. The third-order valence-electron chi connectivity index (χ3n) is 4.91. The van der Waals surface area contributed by atoms with Crippen molar-refractivity contribution in [1.82, 2.24) is 14.9 Å². The van der Waals surface area contributed by atoms with Gasteiger partial charge < -0.3 is 4.84 Å². The second-order valence-electron chi connectivity index (χ2n) is 6.88. The van der Waals surface area contributed by atoms with E-state index in [1.807, 2.05) is 54.7 Å². The average Bonchev–Trinajstić information content (AvgIpc) is 3.17. The molecular formula is C24H19N3O. The third kappa shape index (κ3) is 2.89. The summed E-state index contributed by atoms with van der Waals surface area (Å²) in [5, 5.41) is 6.63. The molecule has 28 heavy (non-hydrogen) atoms. The van der Waals surface area contributed by atoms with Gasteiger partial charge in [-0.1, -0.05) is 83.2 Å². The summed E-state index contributed by atoms with van der Waals surface area (Å²) in [7, 11) is 0. The van der Waals surface area contributed by atoms with Gasteiger partial charge in [0.1, 0.15) is 17.8 Å². The molecule has 5 aromatic rings. The Morgan fingerprint density at radius 2 is 1.57 bits per heavy atom. The van der Waals surface area contributed by atoms with Crippen molar-refractivity contribution >= 4 is 21.8 Å². The Kier molecular flexibility index (Phi) is 4.02. The van der Waals surface area contributed by atoms with Crippen LogP contribution in [0.4, 0.5) is 0 Å². The Bertz CT molecular complexity index is 1260. The molecule has 0 bridgehead atoms. The van der Waals surface area contributed by atoms with Crippen molar-refractivity contribution in [3.8, 4) is 11.3 Å². The first-order chi connectivity index (χ1) is 13.8. The molecule has 0 fully saturated rings. The summed E-state index contributed by atoms with van der Waals surface area (Å²) >= 11 is 0. The van der Waals surface area contributed by atoms with E-state index in [4.69, 9.17) is 9.82 Å². The monoisotopic (exact) mass is 365 g/mol. The standard InChI is InChI=1S/C24H19N3O/c1-17-11-13-19(14-12-17)23-24-21(20-9-5-6-10-22(20)26-23)15-25-27(24)28-16-18-7-3-2-4-8-18/h2-15H,16H2,1H3. The molecule has 4 nitrogen and oxygen atoms in total. The van der Waals surface area contributed by atoms with Gasteiger partial charge in [0.15, 0.2) is 0 Å². The maximum absolute atomic E-state index is 6.05. The Hall–Kier alpha value is -3.66. The lowest BCUT2D eigenvalue weighted by molar-refractivity contribution is 0.0796.